The Morgan fingerprint density at radius 1 is 1.33 bits per heavy atom. The Labute approximate surface area is 123 Å². The van der Waals surface area contributed by atoms with Gasteiger partial charge >= 0.3 is 0 Å². The minimum Gasteiger partial charge on any atom is -0.387 e. The number of fused-ring (bicyclic) bond motifs is 1. The molecule has 2 N–H and O–H groups in total. The smallest absolute Gasteiger partial charge is 0.246 e. The maximum absolute atomic E-state index is 11.4. The number of aliphatic hydroxyl groups excluding tert-OH is 1. The van der Waals surface area contributed by atoms with Crippen molar-refractivity contribution in [3.8, 4) is 0 Å². The Kier molecular flexibility index (Phi) is 4.13. The van der Waals surface area contributed by atoms with E-state index < -0.39 is 6.61 Å². The molecule has 0 spiro atoms. The van der Waals surface area contributed by atoms with Crippen molar-refractivity contribution in [2.75, 3.05) is 19.8 Å². The summed E-state index contributed by atoms with van der Waals surface area (Å²) in [5.41, 5.74) is 2.18. The van der Waals surface area contributed by atoms with Crippen LogP contribution in [0.25, 0.3) is 10.9 Å². The predicted molar refractivity (Wildman–Crippen MR) is 78.8 cm³/mol. The number of para-hydroxylation sites is 1. The van der Waals surface area contributed by atoms with Gasteiger partial charge in [-0.25, -0.2) is 0 Å². The van der Waals surface area contributed by atoms with Crippen LogP contribution in [0.1, 0.15) is 5.56 Å². The third kappa shape index (κ3) is 3.04. The maximum atomic E-state index is 11.4. The average Bonchev–Trinajstić information content (AvgIpc) is 2.94. The summed E-state index contributed by atoms with van der Waals surface area (Å²) in [4.78, 5) is 15.7. The fourth-order valence-corrected chi connectivity index (χ4v) is 2.83. The summed E-state index contributed by atoms with van der Waals surface area (Å²) in [7, 11) is 0. The van der Waals surface area contributed by atoms with Crippen LogP contribution < -0.4 is 5.32 Å². The third-order valence-electron chi connectivity index (χ3n) is 3.91. The molecule has 1 saturated heterocycles. The topological polar surface area (TPSA) is 71.5 Å². The second-order valence-corrected chi connectivity index (χ2v) is 5.32. The molecule has 2 atom stereocenters. The lowest BCUT2D eigenvalue weighted by atomic mass is 9.93. The molecule has 0 bridgehead atoms. The molecule has 5 heteroatoms. The summed E-state index contributed by atoms with van der Waals surface area (Å²) in [6.45, 7) is 0.633. The Balaban J connectivity index is 1.79. The molecule has 1 aliphatic rings. The van der Waals surface area contributed by atoms with Gasteiger partial charge in [0.25, 0.3) is 0 Å². The third-order valence-corrected chi connectivity index (χ3v) is 3.91. The van der Waals surface area contributed by atoms with Crippen molar-refractivity contribution in [3.05, 3.63) is 42.1 Å². The first kappa shape index (κ1) is 14.0. The fourth-order valence-electron chi connectivity index (χ4n) is 2.83. The van der Waals surface area contributed by atoms with Gasteiger partial charge in [-0.15, -0.1) is 0 Å². The molecular formula is C16H18N2O3. The first-order valence-corrected chi connectivity index (χ1v) is 7.08. The van der Waals surface area contributed by atoms with Crippen molar-refractivity contribution in [1.29, 1.82) is 0 Å². The van der Waals surface area contributed by atoms with Crippen LogP contribution in [0.5, 0.6) is 0 Å². The lowest BCUT2D eigenvalue weighted by Gasteiger charge is -2.19. The van der Waals surface area contributed by atoms with E-state index in [9.17, 15) is 4.79 Å². The van der Waals surface area contributed by atoms with Gasteiger partial charge in [-0.2, -0.15) is 0 Å². The van der Waals surface area contributed by atoms with E-state index in [0.717, 1.165) is 17.3 Å². The number of ether oxygens (including phenoxy) is 1. The minimum atomic E-state index is -0.485. The molecule has 110 valence electrons. The number of benzene rings is 1. The second kappa shape index (κ2) is 6.20. The zero-order chi connectivity index (χ0) is 14.7. The van der Waals surface area contributed by atoms with Crippen molar-refractivity contribution in [2.24, 2.45) is 5.92 Å². The van der Waals surface area contributed by atoms with Crippen LogP contribution in [-0.2, 0) is 16.0 Å². The van der Waals surface area contributed by atoms with Crippen molar-refractivity contribution in [3.63, 3.8) is 0 Å². The lowest BCUT2D eigenvalue weighted by Crippen LogP contribution is -2.41. The maximum Gasteiger partial charge on any atom is 0.246 e. The minimum absolute atomic E-state index is 0.0448. The largest absolute Gasteiger partial charge is 0.387 e. The zero-order valence-corrected chi connectivity index (χ0v) is 11.7. The van der Waals surface area contributed by atoms with Crippen LogP contribution >= 0.6 is 0 Å². The predicted octanol–water partition coefficient (Wildman–Crippen LogP) is 0.901. The van der Waals surface area contributed by atoms with Crippen LogP contribution in [0.4, 0.5) is 0 Å². The Bertz CT molecular complexity index is 639. The molecule has 3 rings (SSSR count). The summed E-state index contributed by atoms with van der Waals surface area (Å²) in [6, 6.07) is 10.0. The summed E-state index contributed by atoms with van der Waals surface area (Å²) >= 11 is 0. The number of aromatic nitrogens is 1. The first-order chi connectivity index (χ1) is 10.3. The van der Waals surface area contributed by atoms with E-state index in [4.69, 9.17) is 9.84 Å². The van der Waals surface area contributed by atoms with Gasteiger partial charge in [-0.1, -0.05) is 18.2 Å². The monoisotopic (exact) mass is 286 g/mol. The Morgan fingerprint density at radius 3 is 3.05 bits per heavy atom. The van der Waals surface area contributed by atoms with E-state index in [0.29, 0.717) is 13.2 Å². The van der Waals surface area contributed by atoms with E-state index in [-0.39, 0.29) is 17.9 Å². The molecule has 1 aliphatic heterocycles. The lowest BCUT2D eigenvalue weighted by molar-refractivity contribution is -0.124. The highest BCUT2D eigenvalue weighted by molar-refractivity contribution is 5.82. The number of aliphatic hydroxyl groups is 1. The number of hydrogen-bond donors (Lipinski definition) is 2. The Hall–Kier alpha value is -1.98. The quantitative estimate of drug-likeness (QED) is 0.876. The molecule has 2 aromatic rings. The molecule has 1 amide bonds. The molecule has 0 saturated carbocycles. The molecule has 1 aromatic carbocycles. The molecule has 0 radical (unpaired) electrons. The standard InChI is InChI=1S/C16H18N2O3/c19-8-16(20)18-15-10-21-9-12(15)7-11-5-6-17-14-4-2-1-3-13(11)14/h1-6,12,15,19H,7-10H2,(H,18,20)/t12-,15-/m1/s1. The average molecular weight is 286 g/mol. The van der Waals surface area contributed by atoms with Crippen LogP contribution in [0.2, 0.25) is 0 Å². The van der Waals surface area contributed by atoms with Crippen LogP contribution in [0.15, 0.2) is 36.5 Å². The van der Waals surface area contributed by atoms with E-state index in [1.54, 1.807) is 0 Å². The van der Waals surface area contributed by atoms with E-state index in [1.807, 2.05) is 30.5 Å². The number of nitrogens with one attached hydrogen (secondary N) is 1. The van der Waals surface area contributed by atoms with Gasteiger partial charge in [0.05, 0.1) is 24.8 Å². The van der Waals surface area contributed by atoms with Crippen LogP contribution in [0.3, 0.4) is 0 Å². The van der Waals surface area contributed by atoms with Gasteiger partial charge in [0.2, 0.25) is 5.91 Å². The molecule has 0 unspecified atom stereocenters. The van der Waals surface area contributed by atoms with Crippen LogP contribution in [-0.4, -0.2) is 41.9 Å². The van der Waals surface area contributed by atoms with E-state index in [2.05, 4.69) is 16.4 Å². The van der Waals surface area contributed by atoms with Gasteiger partial charge < -0.3 is 15.2 Å². The molecule has 1 aromatic heterocycles. The summed E-state index contributed by atoms with van der Waals surface area (Å²) < 4.78 is 5.49. The van der Waals surface area contributed by atoms with E-state index in [1.165, 1.54) is 5.56 Å². The summed E-state index contributed by atoms with van der Waals surface area (Å²) in [6.07, 6.45) is 2.63. The van der Waals surface area contributed by atoms with Crippen molar-refractivity contribution < 1.29 is 14.6 Å². The molecule has 21 heavy (non-hydrogen) atoms. The number of carbonyl (C=O) groups is 1. The van der Waals surface area contributed by atoms with Crippen molar-refractivity contribution >= 4 is 16.8 Å². The Morgan fingerprint density at radius 2 is 2.19 bits per heavy atom. The number of amides is 1. The van der Waals surface area contributed by atoms with Crippen molar-refractivity contribution in [2.45, 2.75) is 12.5 Å². The van der Waals surface area contributed by atoms with Crippen LogP contribution in [0, 0.1) is 5.92 Å². The fraction of sp³-hybridized carbons (Fsp3) is 0.375. The summed E-state index contributed by atoms with van der Waals surface area (Å²) in [5.74, 6) is -0.138. The SMILES string of the molecule is O=C(CO)N[C@@H]1COC[C@H]1Cc1ccnc2ccccc12. The first-order valence-electron chi connectivity index (χ1n) is 7.08. The van der Waals surface area contributed by atoms with E-state index >= 15 is 0 Å². The highest BCUT2D eigenvalue weighted by Gasteiger charge is 2.29. The molecule has 2 heterocycles. The van der Waals surface area contributed by atoms with Gasteiger partial charge in [0, 0.05) is 17.5 Å². The number of nitrogens with zero attached hydrogens (tertiary/aromatic N) is 1. The summed E-state index contributed by atoms with van der Waals surface area (Å²) in [5, 5.41) is 12.8. The number of hydrogen-bond acceptors (Lipinski definition) is 4. The van der Waals surface area contributed by atoms with Gasteiger partial charge in [0.15, 0.2) is 0 Å². The highest BCUT2D eigenvalue weighted by atomic mass is 16.5. The van der Waals surface area contributed by atoms with Gasteiger partial charge in [-0.05, 0) is 24.1 Å². The highest BCUT2D eigenvalue weighted by Crippen LogP contribution is 2.24. The van der Waals surface area contributed by atoms with Gasteiger partial charge in [0.1, 0.15) is 6.61 Å². The second-order valence-electron chi connectivity index (χ2n) is 5.32. The van der Waals surface area contributed by atoms with Gasteiger partial charge in [-0.3, -0.25) is 9.78 Å². The zero-order valence-electron chi connectivity index (χ0n) is 11.7. The normalized spacial score (nSPS) is 21.6. The molecule has 5 nitrogen and oxygen atoms in total. The molecule has 0 aliphatic carbocycles. The van der Waals surface area contributed by atoms with Crippen molar-refractivity contribution in [1.82, 2.24) is 10.3 Å². The molecular weight excluding hydrogens is 268 g/mol. The number of rotatable bonds is 4. The number of carbonyl (C=O) groups excluding carboxylic acids is 1. The molecule has 1 fully saturated rings. The number of pyridine rings is 1.